The fraction of sp³-hybridized carbons (Fsp3) is 0.286. The van der Waals surface area contributed by atoms with Gasteiger partial charge in [-0.05, 0) is 47.4 Å². The van der Waals surface area contributed by atoms with Gasteiger partial charge in [0, 0.05) is 29.6 Å². The van der Waals surface area contributed by atoms with Crippen LogP contribution in [0.25, 0.3) is 0 Å². The van der Waals surface area contributed by atoms with Gasteiger partial charge in [0.15, 0.2) is 0 Å². The van der Waals surface area contributed by atoms with Gasteiger partial charge in [0.25, 0.3) is 0 Å². The summed E-state index contributed by atoms with van der Waals surface area (Å²) in [6.45, 7) is 2.71. The van der Waals surface area contributed by atoms with Crippen molar-refractivity contribution in [2.24, 2.45) is 0 Å². The number of hydrogen-bond acceptors (Lipinski definition) is 2. The van der Waals surface area contributed by atoms with E-state index < -0.39 is 6.04 Å². The van der Waals surface area contributed by atoms with E-state index in [-0.39, 0.29) is 30.6 Å². The third-order valence-electron chi connectivity index (χ3n) is 5.76. The second-order valence-electron chi connectivity index (χ2n) is 8.38. The van der Waals surface area contributed by atoms with Crippen molar-refractivity contribution < 1.29 is 14.0 Å². The van der Waals surface area contributed by atoms with Crippen LogP contribution in [0.2, 0.25) is 10.0 Å². The van der Waals surface area contributed by atoms with E-state index in [2.05, 4.69) is 5.32 Å². The first-order chi connectivity index (χ1) is 16.9. The first-order valence-electron chi connectivity index (χ1n) is 11.7. The molecule has 0 saturated carbocycles. The number of nitrogens with zero attached hydrogens (tertiary/aromatic N) is 1. The molecule has 3 aromatic carbocycles. The van der Waals surface area contributed by atoms with E-state index in [1.54, 1.807) is 35.2 Å². The minimum absolute atomic E-state index is 0.0623. The molecule has 0 aliphatic carbocycles. The van der Waals surface area contributed by atoms with E-state index in [1.165, 1.54) is 12.1 Å². The zero-order valence-corrected chi connectivity index (χ0v) is 21.2. The van der Waals surface area contributed by atoms with Crippen LogP contribution in [-0.4, -0.2) is 29.3 Å². The van der Waals surface area contributed by atoms with Gasteiger partial charge in [0.2, 0.25) is 11.8 Å². The molecule has 0 fully saturated rings. The Morgan fingerprint density at radius 1 is 0.914 bits per heavy atom. The molecule has 0 heterocycles. The summed E-state index contributed by atoms with van der Waals surface area (Å²) >= 11 is 12.7. The van der Waals surface area contributed by atoms with E-state index in [9.17, 15) is 14.0 Å². The second-order valence-corrected chi connectivity index (χ2v) is 9.19. The molecule has 7 heteroatoms. The third kappa shape index (κ3) is 7.81. The van der Waals surface area contributed by atoms with Crippen molar-refractivity contribution in [3.8, 4) is 0 Å². The molecule has 0 radical (unpaired) electrons. The molecule has 2 amide bonds. The van der Waals surface area contributed by atoms with Crippen LogP contribution in [0.1, 0.15) is 36.5 Å². The Morgan fingerprint density at radius 3 is 2.20 bits per heavy atom. The summed E-state index contributed by atoms with van der Waals surface area (Å²) in [5.41, 5.74) is 2.15. The molecular formula is C28H29Cl2FN2O2. The molecule has 0 aromatic heterocycles. The zero-order valence-electron chi connectivity index (χ0n) is 19.6. The zero-order chi connectivity index (χ0) is 25.2. The predicted octanol–water partition coefficient (Wildman–Crippen LogP) is 6.23. The molecule has 3 aromatic rings. The Bertz CT molecular complexity index is 1100. The van der Waals surface area contributed by atoms with Crippen LogP contribution in [0.5, 0.6) is 0 Å². The first-order valence-corrected chi connectivity index (χ1v) is 12.4. The monoisotopic (exact) mass is 514 g/mol. The molecule has 4 nitrogen and oxygen atoms in total. The molecule has 0 aliphatic rings. The quantitative estimate of drug-likeness (QED) is 0.308. The highest BCUT2D eigenvalue weighted by atomic mass is 35.5. The summed E-state index contributed by atoms with van der Waals surface area (Å²) in [7, 11) is 0. The van der Waals surface area contributed by atoms with Crippen LogP contribution >= 0.6 is 23.2 Å². The summed E-state index contributed by atoms with van der Waals surface area (Å²) in [4.78, 5) is 28.6. The lowest BCUT2D eigenvalue weighted by atomic mass is 10.0. The van der Waals surface area contributed by atoms with Gasteiger partial charge in [-0.25, -0.2) is 4.39 Å². The number of amides is 2. The predicted molar refractivity (Wildman–Crippen MR) is 139 cm³/mol. The Labute approximate surface area is 216 Å². The van der Waals surface area contributed by atoms with Gasteiger partial charge in [-0.1, -0.05) is 85.1 Å². The van der Waals surface area contributed by atoms with Gasteiger partial charge in [-0.15, -0.1) is 0 Å². The fourth-order valence-electron chi connectivity index (χ4n) is 3.80. The van der Waals surface area contributed by atoms with E-state index in [1.807, 2.05) is 37.3 Å². The summed E-state index contributed by atoms with van der Waals surface area (Å²) in [5, 5.41) is 3.75. The first kappa shape index (κ1) is 26.7. The topological polar surface area (TPSA) is 49.4 Å². The third-order valence-corrected chi connectivity index (χ3v) is 6.46. The number of rotatable bonds is 11. The Morgan fingerprint density at radius 2 is 1.57 bits per heavy atom. The Hall–Kier alpha value is -2.89. The van der Waals surface area contributed by atoms with Crippen LogP contribution in [0.4, 0.5) is 4.39 Å². The maximum atomic E-state index is 13.7. The van der Waals surface area contributed by atoms with Crippen LogP contribution in [-0.2, 0) is 29.0 Å². The van der Waals surface area contributed by atoms with E-state index >= 15 is 0 Å². The summed E-state index contributed by atoms with van der Waals surface area (Å²) in [5.74, 6) is -0.897. The average Bonchev–Trinajstić information content (AvgIpc) is 2.85. The minimum atomic E-state index is -0.770. The van der Waals surface area contributed by atoms with Crippen molar-refractivity contribution in [1.29, 1.82) is 0 Å². The lowest BCUT2D eigenvalue weighted by Crippen LogP contribution is -2.51. The number of hydrogen-bond donors (Lipinski definition) is 1. The van der Waals surface area contributed by atoms with E-state index in [0.717, 1.165) is 18.4 Å². The van der Waals surface area contributed by atoms with Crippen molar-refractivity contribution in [3.05, 3.63) is 105 Å². The van der Waals surface area contributed by atoms with Crippen molar-refractivity contribution >= 4 is 35.0 Å². The molecule has 1 N–H and O–H groups in total. The minimum Gasteiger partial charge on any atom is -0.354 e. The SMILES string of the molecule is CCCCNC(=O)[C@@H](Cc1ccccc1)N(Cc1ccc(F)cc1)C(=O)Cc1c(Cl)cccc1Cl. The summed E-state index contributed by atoms with van der Waals surface area (Å²) in [6.07, 6.45) is 2.05. The second kappa shape index (κ2) is 13.3. The fourth-order valence-corrected chi connectivity index (χ4v) is 4.33. The van der Waals surface area contributed by atoms with Gasteiger partial charge in [-0.2, -0.15) is 0 Å². The van der Waals surface area contributed by atoms with Crippen LogP contribution in [0, 0.1) is 5.82 Å². The van der Waals surface area contributed by atoms with Gasteiger partial charge in [-0.3, -0.25) is 9.59 Å². The number of carbonyl (C=O) groups is 2. The van der Waals surface area contributed by atoms with Gasteiger partial charge >= 0.3 is 0 Å². The largest absolute Gasteiger partial charge is 0.354 e. The number of benzene rings is 3. The maximum Gasteiger partial charge on any atom is 0.243 e. The maximum absolute atomic E-state index is 13.7. The molecule has 0 spiro atoms. The Kier molecular flexibility index (Phi) is 10.1. The van der Waals surface area contributed by atoms with Crippen molar-refractivity contribution in [2.45, 2.75) is 45.2 Å². The van der Waals surface area contributed by atoms with E-state index in [0.29, 0.717) is 34.1 Å². The molecule has 0 unspecified atom stereocenters. The van der Waals surface area contributed by atoms with E-state index in [4.69, 9.17) is 23.2 Å². The van der Waals surface area contributed by atoms with Crippen molar-refractivity contribution in [1.82, 2.24) is 10.2 Å². The number of unbranched alkanes of at least 4 members (excludes halogenated alkanes) is 1. The molecule has 35 heavy (non-hydrogen) atoms. The normalized spacial score (nSPS) is 11.7. The highest BCUT2D eigenvalue weighted by molar-refractivity contribution is 6.36. The summed E-state index contributed by atoms with van der Waals surface area (Å²) in [6, 6.07) is 19.8. The molecule has 0 aliphatic heterocycles. The molecule has 0 saturated heterocycles. The molecule has 1 atom stereocenters. The molecule has 184 valence electrons. The van der Waals surface area contributed by atoms with Crippen LogP contribution < -0.4 is 5.32 Å². The standard InChI is InChI=1S/C28H29Cl2FN2O2/c1-2-3-16-32-28(35)26(17-20-8-5-4-6-9-20)33(19-21-12-14-22(31)15-13-21)27(34)18-23-24(29)10-7-11-25(23)30/h4-15,26H,2-3,16-19H2,1H3,(H,32,35)/t26-/m1/s1. The highest BCUT2D eigenvalue weighted by Gasteiger charge is 2.31. The van der Waals surface area contributed by atoms with Crippen molar-refractivity contribution in [3.63, 3.8) is 0 Å². The average molecular weight is 515 g/mol. The number of carbonyl (C=O) groups excluding carboxylic acids is 2. The Balaban J connectivity index is 1.97. The lowest BCUT2D eigenvalue weighted by Gasteiger charge is -2.32. The van der Waals surface area contributed by atoms with Gasteiger partial charge in [0.1, 0.15) is 11.9 Å². The molecule has 0 bridgehead atoms. The smallest absolute Gasteiger partial charge is 0.243 e. The molecule has 3 rings (SSSR count). The molecular weight excluding hydrogens is 486 g/mol. The van der Waals surface area contributed by atoms with Crippen LogP contribution in [0.15, 0.2) is 72.8 Å². The van der Waals surface area contributed by atoms with Crippen LogP contribution in [0.3, 0.4) is 0 Å². The van der Waals surface area contributed by atoms with Gasteiger partial charge < -0.3 is 10.2 Å². The summed E-state index contributed by atoms with van der Waals surface area (Å²) < 4.78 is 13.5. The highest BCUT2D eigenvalue weighted by Crippen LogP contribution is 2.26. The lowest BCUT2D eigenvalue weighted by molar-refractivity contribution is -0.140. The van der Waals surface area contributed by atoms with Crippen molar-refractivity contribution in [2.75, 3.05) is 6.54 Å². The van der Waals surface area contributed by atoms with Gasteiger partial charge in [0.05, 0.1) is 6.42 Å². The number of halogens is 3. The number of nitrogens with one attached hydrogen (secondary N) is 1.